The number of rotatable bonds is 5. The molecular formula is C14H21N3O3. The number of morpholine rings is 1. The van der Waals surface area contributed by atoms with Crippen LogP contribution in [0.5, 0.6) is 5.75 Å². The van der Waals surface area contributed by atoms with E-state index >= 15 is 0 Å². The van der Waals surface area contributed by atoms with Crippen molar-refractivity contribution in [2.24, 2.45) is 5.73 Å². The smallest absolute Gasteiger partial charge is 0.238 e. The Morgan fingerprint density at radius 1 is 1.55 bits per heavy atom. The summed E-state index contributed by atoms with van der Waals surface area (Å²) in [5.74, 6) is 0.592. The molecule has 3 N–H and O–H groups in total. The van der Waals surface area contributed by atoms with E-state index in [9.17, 15) is 4.79 Å². The number of ether oxygens (including phenoxy) is 2. The van der Waals surface area contributed by atoms with Crippen LogP contribution in [0.25, 0.3) is 0 Å². The van der Waals surface area contributed by atoms with E-state index in [0.717, 1.165) is 6.54 Å². The van der Waals surface area contributed by atoms with Gasteiger partial charge in [-0.15, -0.1) is 0 Å². The molecule has 1 aliphatic rings. The molecule has 1 aromatic carbocycles. The predicted octanol–water partition coefficient (Wildman–Crippen LogP) is 0.293. The number of nitrogens with two attached hydrogens (primary N) is 1. The molecule has 0 aliphatic carbocycles. The summed E-state index contributed by atoms with van der Waals surface area (Å²) in [7, 11) is 1.58. The zero-order valence-electron chi connectivity index (χ0n) is 11.7. The third-order valence-corrected chi connectivity index (χ3v) is 3.23. The second kappa shape index (κ2) is 7.23. The van der Waals surface area contributed by atoms with Crippen LogP contribution in [0.1, 0.15) is 0 Å². The summed E-state index contributed by atoms with van der Waals surface area (Å²) in [4.78, 5) is 14.1. The van der Waals surface area contributed by atoms with E-state index in [-0.39, 0.29) is 12.0 Å². The highest BCUT2D eigenvalue weighted by molar-refractivity contribution is 5.93. The molecule has 20 heavy (non-hydrogen) atoms. The van der Waals surface area contributed by atoms with E-state index in [4.69, 9.17) is 15.2 Å². The van der Waals surface area contributed by atoms with Crippen LogP contribution in [0.2, 0.25) is 0 Å². The molecule has 1 amide bonds. The molecule has 6 nitrogen and oxygen atoms in total. The summed E-state index contributed by atoms with van der Waals surface area (Å²) in [6.45, 7) is 2.86. The lowest BCUT2D eigenvalue weighted by atomic mass is 10.2. The van der Waals surface area contributed by atoms with Crippen molar-refractivity contribution in [2.75, 3.05) is 45.2 Å². The van der Waals surface area contributed by atoms with E-state index < -0.39 is 0 Å². The number of carbonyl (C=O) groups excluding carboxylic acids is 1. The summed E-state index contributed by atoms with van der Waals surface area (Å²) < 4.78 is 10.7. The van der Waals surface area contributed by atoms with Crippen LogP contribution in [-0.2, 0) is 9.53 Å². The van der Waals surface area contributed by atoms with Gasteiger partial charge in [0.1, 0.15) is 5.75 Å². The molecule has 1 fully saturated rings. The second-order valence-electron chi connectivity index (χ2n) is 4.71. The zero-order valence-corrected chi connectivity index (χ0v) is 11.7. The Morgan fingerprint density at radius 2 is 2.35 bits per heavy atom. The number of hydrogen-bond donors (Lipinski definition) is 2. The van der Waals surface area contributed by atoms with Gasteiger partial charge in [0.05, 0.1) is 32.1 Å². The lowest BCUT2D eigenvalue weighted by Crippen LogP contribution is -2.48. The van der Waals surface area contributed by atoms with Gasteiger partial charge < -0.3 is 20.5 Å². The predicted molar refractivity (Wildman–Crippen MR) is 76.9 cm³/mol. The monoisotopic (exact) mass is 279 g/mol. The Labute approximate surface area is 118 Å². The van der Waals surface area contributed by atoms with Gasteiger partial charge in [0.25, 0.3) is 0 Å². The average Bonchev–Trinajstić information content (AvgIpc) is 2.48. The first-order valence-corrected chi connectivity index (χ1v) is 6.70. The minimum Gasteiger partial charge on any atom is -0.495 e. The maximum atomic E-state index is 12.1. The van der Waals surface area contributed by atoms with Crippen molar-refractivity contribution in [3.63, 3.8) is 0 Å². The quantitative estimate of drug-likeness (QED) is 0.810. The Hall–Kier alpha value is -1.63. The number of methoxy groups -OCH3 is 1. The maximum absolute atomic E-state index is 12.1. The molecule has 1 heterocycles. The fraction of sp³-hybridized carbons (Fsp3) is 0.500. The van der Waals surface area contributed by atoms with E-state index in [1.807, 2.05) is 29.2 Å². The number of benzene rings is 1. The van der Waals surface area contributed by atoms with Gasteiger partial charge in [0, 0.05) is 19.6 Å². The molecule has 2 rings (SSSR count). The van der Waals surface area contributed by atoms with Crippen molar-refractivity contribution in [3.8, 4) is 5.75 Å². The lowest BCUT2D eigenvalue weighted by molar-refractivity contribution is -0.119. The number of carbonyl (C=O) groups is 1. The minimum absolute atomic E-state index is 0.0165. The molecule has 6 heteroatoms. The van der Waals surface area contributed by atoms with E-state index in [1.54, 1.807) is 7.11 Å². The van der Waals surface area contributed by atoms with Gasteiger partial charge in [0.2, 0.25) is 5.91 Å². The van der Waals surface area contributed by atoms with Crippen LogP contribution in [0.3, 0.4) is 0 Å². The van der Waals surface area contributed by atoms with E-state index in [1.165, 1.54) is 0 Å². The molecule has 1 unspecified atom stereocenters. The summed E-state index contributed by atoms with van der Waals surface area (Å²) in [5, 5.41) is 2.86. The third-order valence-electron chi connectivity index (χ3n) is 3.23. The Kier molecular flexibility index (Phi) is 5.34. The first-order valence-electron chi connectivity index (χ1n) is 6.70. The van der Waals surface area contributed by atoms with E-state index in [2.05, 4.69) is 5.32 Å². The largest absolute Gasteiger partial charge is 0.495 e. The molecule has 1 saturated heterocycles. The van der Waals surface area contributed by atoms with Crippen LogP contribution in [0, 0.1) is 0 Å². The highest BCUT2D eigenvalue weighted by Gasteiger charge is 2.21. The molecule has 0 bridgehead atoms. The number of hydrogen-bond acceptors (Lipinski definition) is 5. The number of anilines is 1. The SMILES string of the molecule is COc1ccccc1NC(=O)CN1CCOC(CN)C1. The first kappa shape index (κ1) is 14.8. The standard InChI is InChI=1S/C14H21N3O3/c1-19-13-5-3-2-4-12(13)16-14(18)10-17-6-7-20-11(8-15)9-17/h2-5,11H,6-10,15H2,1H3,(H,16,18). The van der Waals surface area contributed by atoms with Crippen molar-refractivity contribution in [3.05, 3.63) is 24.3 Å². The van der Waals surface area contributed by atoms with Gasteiger partial charge in [0.15, 0.2) is 0 Å². The molecular weight excluding hydrogens is 258 g/mol. The molecule has 0 aromatic heterocycles. The second-order valence-corrected chi connectivity index (χ2v) is 4.71. The molecule has 1 atom stereocenters. The Morgan fingerprint density at radius 3 is 3.10 bits per heavy atom. The lowest BCUT2D eigenvalue weighted by Gasteiger charge is -2.31. The summed E-state index contributed by atoms with van der Waals surface area (Å²) in [6.07, 6.45) is 0.0165. The number of amides is 1. The van der Waals surface area contributed by atoms with Crippen LogP contribution in [-0.4, -0.2) is 56.8 Å². The van der Waals surface area contributed by atoms with E-state index in [0.29, 0.717) is 37.7 Å². The van der Waals surface area contributed by atoms with Gasteiger partial charge in [-0.05, 0) is 12.1 Å². The van der Waals surface area contributed by atoms with Crippen molar-refractivity contribution >= 4 is 11.6 Å². The highest BCUT2D eigenvalue weighted by atomic mass is 16.5. The van der Waals surface area contributed by atoms with Gasteiger partial charge in [-0.2, -0.15) is 0 Å². The van der Waals surface area contributed by atoms with Crippen molar-refractivity contribution < 1.29 is 14.3 Å². The van der Waals surface area contributed by atoms with Gasteiger partial charge in [-0.3, -0.25) is 9.69 Å². The first-order chi connectivity index (χ1) is 9.72. The fourth-order valence-electron chi connectivity index (χ4n) is 2.21. The number of nitrogens with zero attached hydrogens (tertiary/aromatic N) is 1. The Bertz CT molecular complexity index is 453. The van der Waals surface area contributed by atoms with Crippen molar-refractivity contribution in [2.45, 2.75) is 6.10 Å². The van der Waals surface area contributed by atoms with Crippen LogP contribution in [0.15, 0.2) is 24.3 Å². The molecule has 1 aromatic rings. The molecule has 0 saturated carbocycles. The molecule has 110 valence electrons. The topological polar surface area (TPSA) is 76.8 Å². The van der Waals surface area contributed by atoms with Crippen LogP contribution >= 0.6 is 0 Å². The number of para-hydroxylation sites is 2. The molecule has 0 spiro atoms. The van der Waals surface area contributed by atoms with Gasteiger partial charge >= 0.3 is 0 Å². The van der Waals surface area contributed by atoms with Gasteiger partial charge in [-0.25, -0.2) is 0 Å². The number of nitrogens with one attached hydrogen (secondary N) is 1. The van der Waals surface area contributed by atoms with Crippen molar-refractivity contribution in [1.82, 2.24) is 4.90 Å². The summed E-state index contributed by atoms with van der Waals surface area (Å²) in [5.41, 5.74) is 6.27. The zero-order chi connectivity index (χ0) is 14.4. The average molecular weight is 279 g/mol. The van der Waals surface area contributed by atoms with Crippen LogP contribution < -0.4 is 15.8 Å². The van der Waals surface area contributed by atoms with Gasteiger partial charge in [-0.1, -0.05) is 12.1 Å². The maximum Gasteiger partial charge on any atom is 0.238 e. The summed E-state index contributed by atoms with van der Waals surface area (Å²) >= 11 is 0. The van der Waals surface area contributed by atoms with Crippen molar-refractivity contribution in [1.29, 1.82) is 0 Å². The third kappa shape index (κ3) is 3.93. The molecule has 0 radical (unpaired) electrons. The summed E-state index contributed by atoms with van der Waals surface area (Å²) in [6, 6.07) is 7.35. The minimum atomic E-state index is -0.0628. The fourth-order valence-corrected chi connectivity index (χ4v) is 2.21. The highest BCUT2D eigenvalue weighted by Crippen LogP contribution is 2.22. The van der Waals surface area contributed by atoms with Crippen LogP contribution in [0.4, 0.5) is 5.69 Å². The normalized spacial score (nSPS) is 19.6. The Balaban J connectivity index is 1.89. The molecule has 1 aliphatic heterocycles.